The van der Waals surface area contributed by atoms with Crippen molar-refractivity contribution in [2.45, 2.75) is 24.9 Å². The van der Waals surface area contributed by atoms with Crippen LogP contribution in [0, 0.1) is 6.92 Å². The van der Waals surface area contributed by atoms with E-state index in [-0.39, 0.29) is 6.54 Å². The lowest BCUT2D eigenvalue weighted by Crippen LogP contribution is -2.28. The smallest absolute Gasteiger partial charge is 0.243 e. The van der Waals surface area contributed by atoms with Crippen LogP contribution in [-0.2, 0) is 23.1 Å². The Morgan fingerprint density at radius 3 is 2.67 bits per heavy atom. The van der Waals surface area contributed by atoms with Gasteiger partial charge in [-0.2, -0.15) is 4.31 Å². The monoisotopic (exact) mass is 325 g/mol. The summed E-state index contributed by atoms with van der Waals surface area (Å²) in [6.07, 6.45) is 0. The number of thiazole rings is 1. The zero-order valence-electron chi connectivity index (χ0n) is 12.3. The van der Waals surface area contributed by atoms with Gasteiger partial charge in [-0.3, -0.25) is 0 Å². The summed E-state index contributed by atoms with van der Waals surface area (Å²) in [7, 11) is -0.143. The topological polar surface area (TPSA) is 62.3 Å². The molecule has 1 heterocycles. The van der Waals surface area contributed by atoms with E-state index >= 15 is 0 Å². The van der Waals surface area contributed by atoms with E-state index in [2.05, 4.69) is 10.3 Å². The van der Waals surface area contributed by atoms with Gasteiger partial charge in [0, 0.05) is 19.0 Å². The predicted octanol–water partition coefficient (Wildman–Crippen LogP) is 1.99. The van der Waals surface area contributed by atoms with Crippen molar-refractivity contribution < 1.29 is 8.42 Å². The van der Waals surface area contributed by atoms with Crippen LogP contribution in [0.5, 0.6) is 0 Å². The molecule has 0 atom stereocenters. The molecule has 0 aliphatic carbocycles. The normalized spacial score (nSPS) is 12.0. The van der Waals surface area contributed by atoms with Crippen LogP contribution in [0.4, 0.5) is 0 Å². The Hall–Kier alpha value is -1.28. The number of nitrogens with one attached hydrogen (secondary N) is 1. The van der Waals surface area contributed by atoms with Crippen LogP contribution in [-0.4, -0.2) is 31.8 Å². The molecule has 0 saturated carbocycles. The molecule has 1 aromatic heterocycles. The first-order chi connectivity index (χ1) is 9.95. The van der Waals surface area contributed by atoms with Gasteiger partial charge in [0.05, 0.1) is 22.1 Å². The zero-order chi connectivity index (χ0) is 15.5. The quantitative estimate of drug-likeness (QED) is 0.882. The van der Waals surface area contributed by atoms with E-state index in [1.54, 1.807) is 26.2 Å². The molecule has 0 aliphatic heterocycles. The lowest BCUT2D eigenvalue weighted by atomic mass is 10.2. The summed E-state index contributed by atoms with van der Waals surface area (Å²) >= 11 is 1.52. The number of hydrogen-bond donors (Lipinski definition) is 1. The second-order valence-corrected chi connectivity index (χ2v) is 7.83. The second-order valence-electron chi connectivity index (χ2n) is 4.76. The van der Waals surface area contributed by atoms with Crippen LogP contribution < -0.4 is 5.32 Å². The highest BCUT2D eigenvalue weighted by atomic mass is 32.2. The Bertz CT molecular complexity index is 711. The number of hydrogen-bond acceptors (Lipinski definition) is 5. The molecule has 0 spiro atoms. The number of sulfonamides is 1. The summed E-state index contributed by atoms with van der Waals surface area (Å²) in [5.74, 6) is 0. The van der Waals surface area contributed by atoms with Crippen LogP contribution >= 0.6 is 11.3 Å². The van der Waals surface area contributed by atoms with Crippen LogP contribution in [0.2, 0.25) is 0 Å². The predicted molar refractivity (Wildman–Crippen MR) is 84.7 cm³/mol. The van der Waals surface area contributed by atoms with Crippen molar-refractivity contribution in [1.29, 1.82) is 0 Å². The van der Waals surface area contributed by atoms with Crippen LogP contribution in [0.15, 0.2) is 34.5 Å². The molecule has 0 amide bonds. The van der Waals surface area contributed by atoms with Crippen LogP contribution in [0.3, 0.4) is 0 Å². The molecule has 0 unspecified atom stereocenters. The van der Waals surface area contributed by atoms with Gasteiger partial charge >= 0.3 is 0 Å². The molecule has 1 aromatic carbocycles. The molecule has 0 fully saturated rings. The summed E-state index contributed by atoms with van der Waals surface area (Å²) in [4.78, 5) is 4.66. The van der Waals surface area contributed by atoms with Crippen molar-refractivity contribution in [3.8, 4) is 0 Å². The van der Waals surface area contributed by atoms with Gasteiger partial charge in [0.25, 0.3) is 0 Å². The first kappa shape index (κ1) is 16.1. The average Bonchev–Trinajstić information content (AvgIpc) is 2.85. The maximum atomic E-state index is 12.7. The molecule has 5 nitrogen and oxygen atoms in total. The summed E-state index contributed by atoms with van der Waals surface area (Å²) in [6.45, 7) is 2.70. The molecule has 2 rings (SSSR count). The Morgan fingerprint density at radius 2 is 2.05 bits per heavy atom. The Labute approximate surface area is 129 Å². The van der Waals surface area contributed by atoms with E-state index in [1.165, 1.54) is 15.6 Å². The van der Waals surface area contributed by atoms with Crippen molar-refractivity contribution in [2.24, 2.45) is 0 Å². The number of aromatic nitrogens is 1. The molecule has 114 valence electrons. The maximum Gasteiger partial charge on any atom is 0.243 e. The fourth-order valence-electron chi connectivity index (χ4n) is 2.05. The van der Waals surface area contributed by atoms with E-state index in [0.29, 0.717) is 11.4 Å². The van der Waals surface area contributed by atoms with Crippen LogP contribution in [0.1, 0.15) is 16.3 Å². The van der Waals surface area contributed by atoms with E-state index in [1.807, 2.05) is 24.4 Å². The van der Waals surface area contributed by atoms with Gasteiger partial charge in [0.1, 0.15) is 0 Å². The van der Waals surface area contributed by atoms with E-state index in [9.17, 15) is 8.42 Å². The molecular weight excluding hydrogens is 306 g/mol. The van der Waals surface area contributed by atoms with Crippen molar-refractivity contribution in [3.05, 3.63) is 45.9 Å². The summed E-state index contributed by atoms with van der Waals surface area (Å²) < 4.78 is 26.8. The second kappa shape index (κ2) is 6.65. The summed E-state index contributed by atoms with van der Waals surface area (Å²) in [6, 6.07) is 7.05. The van der Waals surface area contributed by atoms with Gasteiger partial charge in [0.2, 0.25) is 10.0 Å². The Morgan fingerprint density at radius 1 is 1.33 bits per heavy atom. The zero-order valence-corrected chi connectivity index (χ0v) is 14.0. The SMILES string of the molecule is CNCc1ccccc1S(=O)(=O)N(C)Cc1csc(C)n1. The minimum absolute atomic E-state index is 0.278. The highest BCUT2D eigenvalue weighted by molar-refractivity contribution is 7.89. The molecular formula is C14H19N3O2S2. The third-order valence-electron chi connectivity index (χ3n) is 3.08. The maximum absolute atomic E-state index is 12.7. The van der Waals surface area contributed by atoms with Crippen LogP contribution in [0.25, 0.3) is 0 Å². The molecule has 1 N–H and O–H groups in total. The van der Waals surface area contributed by atoms with Gasteiger partial charge in [-0.05, 0) is 25.6 Å². The lowest BCUT2D eigenvalue weighted by molar-refractivity contribution is 0.462. The first-order valence-electron chi connectivity index (χ1n) is 6.55. The van der Waals surface area contributed by atoms with Crippen molar-refractivity contribution >= 4 is 21.4 Å². The van der Waals surface area contributed by atoms with E-state index < -0.39 is 10.0 Å². The Balaban J connectivity index is 2.28. The molecule has 0 saturated heterocycles. The summed E-state index contributed by atoms with van der Waals surface area (Å²) in [5.41, 5.74) is 1.54. The molecule has 2 aromatic rings. The van der Waals surface area contributed by atoms with Crippen molar-refractivity contribution in [3.63, 3.8) is 0 Å². The van der Waals surface area contributed by atoms with Crippen molar-refractivity contribution in [1.82, 2.24) is 14.6 Å². The number of nitrogens with zero attached hydrogens (tertiary/aromatic N) is 2. The fraction of sp³-hybridized carbons (Fsp3) is 0.357. The van der Waals surface area contributed by atoms with Gasteiger partial charge in [0.15, 0.2) is 0 Å². The number of aryl methyl sites for hydroxylation is 1. The largest absolute Gasteiger partial charge is 0.316 e. The van der Waals surface area contributed by atoms with E-state index in [4.69, 9.17) is 0 Å². The number of rotatable bonds is 6. The molecule has 0 radical (unpaired) electrons. The average molecular weight is 325 g/mol. The first-order valence-corrected chi connectivity index (χ1v) is 8.87. The van der Waals surface area contributed by atoms with Gasteiger partial charge in [-0.1, -0.05) is 18.2 Å². The van der Waals surface area contributed by atoms with Gasteiger partial charge < -0.3 is 5.32 Å². The molecule has 0 aliphatic rings. The lowest BCUT2D eigenvalue weighted by Gasteiger charge is -2.18. The molecule has 21 heavy (non-hydrogen) atoms. The number of benzene rings is 1. The summed E-state index contributed by atoms with van der Waals surface area (Å²) in [5, 5.41) is 5.82. The Kier molecular flexibility index (Phi) is 5.10. The third-order valence-corrected chi connectivity index (χ3v) is 5.81. The minimum atomic E-state index is -3.52. The van der Waals surface area contributed by atoms with Gasteiger partial charge in [-0.25, -0.2) is 13.4 Å². The minimum Gasteiger partial charge on any atom is -0.316 e. The highest BCUT2D eigenvalue weighted by Gasteiger charge is 2.24. The molecule has 7 heteroatoms. The van der Waals surface area contributed by atoms with E-state index in [0.717, 1.165) is 16.3 Å². The fourth-order valence-corrected chi connectivity index (χ4v) is 4.02. The standard InChI is InChI=1S/C14H19N3O2S2/c1-11-16-13(10-20-11)9-17(3)21(18,19)14-7-5-4-6-12(14)8-15-2/h4-7,10,15H,8-9H2,1-3H3. The third kappa shape index (κ3) is 3.68. The van der Waals surface area contributed by atoms with Gasteiger partial charge in [-0.15, -0.1) is 11.3 Å². The molecule has 0 bridgehead atoms. The van der Waals surface area contributed by atoms with Crippen molar-refractivity contribution in [2.75, 3.05) is 14.1 Å². The highest BCUT2D eigenvalue weighted by Crippen LogP contribution is 2.21.